The van der Waals surface area contributed by atoms with Gasteiger partial charge in [-0.25, -0.2) is 18.7 Å². The fraction of sp³-hybridized carbons (Fsp3) is 0.320. The summed E-state index contributed by atoms with van der Waals surface area (Å²) in [5.74, 6) is -2.32. The molecule has 9 heteroatoms. The topological polar surface area (TPSA) is 102 Å². The van der Waals surface area contributed by atoms with Crippen LogP contribution in [0.4, 0.5) is 14.5 Å². The number of aromatic nitrogens is 2. The summed E-state index contributed by atoms with van der Waals surface area (Å²) in [7, 11) is -2.85. The van der Waals surface area contributed by atoms with Gasteiger partial charge in [0, 0.05) is 30.9 Å². The van der Waals surface area contributed by atoms with Crippen LogP contribution < -0.4 is 15.4 Å². The first-order valence-electron chi connectivity index (χ1n) is 12.2. The van der Waals surface area contributed by atoms with Crippen LogP contribution >= 0.6 is 0 Å². The molecule has 178 valence electrons. The number of aliphatic hydroxyl groups is 1. The van der Waals surface area contributed by atoms with E-state index in [9.17, 15) is 14.3 Å². The number of hydrogen-bond acceptors (Lipinski definition) is 7. The van der Waals surface area contributed by atoms with Gasteiger partial charge in [0.05, 0.1) is 29.4 Å². The number of aryl methyl sites for hydroxylation is 1. The first-order chi connectivity index (χ1) is 17.5. The van der Waals surface area contributed by atoms with E-state index in [0.717, 1.165) is 0 Å². The van der Waals surface area contributed by atoms with Crippen LogP contribution in [0.2, 0.25) is 0 Å². The lowest BCUT2D eigenvalue weighted by Gasteiger charge is -2.27. The van der Waals surface area contributed by atoms with Crippen LogP contribution in [0.25, 0.3) is 11.4 Å². The van der Waals surface area contributed by atoms with Gasteiger partial charge >= 0.3 is 0 Å². The number of methoxy groups -OCH3 is 1. The van der Waals surface area contributed by atoms with E-state index in [-0.39, 0.29) is 53.5 Å². The highest BCUT2D eigenvalue weighted by Gasteiger charge is 2.31. The van der Waals surface area contributed by atoms with Crippen molar-refractivity contribution >= 4 is 11.5 Å². The average Bonchev–Trinajstić information content (AvgIpc) is 3.21. The van der Waals surface area contributed by atoms with Crippen LogP contribution in [0.15, 0.2) is 42.6 Å². The number of ketones is 1. The van der Waals surface area contributed by atoms with Crippen molar-refractivity contribution in [2.24, 2.45) is 5.73 Å². The first kappa shape index (κ1) is 20.0. The van der Waals surface area contributed by atoms with Gasteiger partial charge in [0.15, 0.2) is 11.6 Å². The molecule has 3 aromatic rings. The quantitative estimate of drug-likeness (QED) is 0.511. The van der Waals surface area contributed by atoms with Crippen LogP contribution in [-0.4, -0.2) is 53.1 Å². The molecule has 0 spiro atoms. The number of benzene rings is 2. The van der Waals surface area contributed by atoms with Crippen molar-refractivity contribution in [3.05, 3.63) is 71.1 Å². The summed E-state index contributed by atoms with van der Waals surface area (Å²) in [5, 5.41) is 9.76. The van der Waals surface area contributed by atoms with Gasteiger partial charge in [-0.2, -0.15) is 0 Å². The lowest BCUT2D eigenvalue weighted by molar-refractivity contribution is 0.0988. The van der Waals surface area contributed by atoms with Crippen molar-refractivity contribution in [2.75, 3.05) is 25.1 Å². The number of anilines is 1. The van der Waals surface area contributed by atoms with E-state index < -0.39 is 24.5 Å². The number of nitrogens with zero attached hydrogens (tertiary/aromatic N) is 3. The third-order valence-electron chi connectivity index (χ3n) is 5.93. The zero-order valence-electron chi connectivity index (χ0n) is 21.5. The number of carbonyl (C=O) groups excluding carboxylic acids is 1. The second kappa shape index (κ2) is 9.82. The number of halogens is 2. The molecular formula is C25H26F2N4O3. The van der Waals surface area contributed by atoms with Gasteiger partial charge in [-0.15, -0.1) is 0 Å². The molecule has 4 rings (SSSR count). The minimum Gasteiger partial charge on any atom is -0.496 e. The smallest absolute Gasteiger partial charge is 0.185 e. The fourth-order valence-electron chi connectivity index (χ4n) is 4.25. The summed E-state index contributed by atoms with van der Waals surface area (Å²) >= 11 is 0. The first-order valence-corrected chi connectivity index (χ1v) is 10.7. The molecule has 0 radical (unpaired) electrons. The van der Waals surface area contributed by atoms with Crippen molar-refractivity contribution in [3.63, 3.8) is 0 Å². The van der Waals surface area contributed by atoms with Gasteiger partial charge in [0.1, 0.15) is 23.1 Å². The highest BCUT2D eigenvalue weighted by Crippen LogP contribution is 2.33. The Morgan fingerprint density at radius 3 is 2.91 bits per heavy atom. The molecule has 2 aromatic carbocycles. The standard InChI is InChI=1S/C25H26F2N4O3/c1-14-3-6-22(34-2)23(24(14)27)25-29-8-7-19(30-25)21(33)10-15-9-16(26)4-5-20(15)31-12-17(28)11-18(31)13-32/h3-9,17-18,32H,10-13,28H2,1-2H3/t17-,18-/m0/s1/i2D3. The Bertz CT molecular complexity index is 1320. The number of nitrogens with two attached hydrogens (primary N) is 1. The maximum atomic E-state index is 15.1. The average molecular weight is 472 g/mol. The maximum absolute atomic E-state index is 15.1. The molecule has 0 bridgehead atoms. The lowest BCUT2D eigenvalue weighted by atomic mass is 10.0. The van der Waals surface area contributed by atoms with Crippen molar-refractivity contribution < 1.29 is 27.5 Å². The molecule has 0 aliphatic carbocycles. The van der Waals surface area contributed by atoms with E-state index in [4.69, 9.17) is 14.6 Å². The number of hydrogen-bond donors (Lipinski definition) is 2. The second-order valence-corrected chi connectivity index (χ2v) is 8.29. The van der Waals surface area contributed by atoms with Crippen LogP contribution in [0, 0.1) is 18.6 Å². The summed E-state index contributed by atoms with van der Waals surface area (Å²) in [4.78, 5) is 23.3. The predicted molar refractivity (Wildman–Crippen MR) is 124 cm³/mol. The van der Waals surface area contributed by atoms with Crippen LogP contribution in [-0.2, 0) is 6.42 Å². The molecule has 1 aliphatic rings. The number of ether oxygens (including phenoxy) is 1. The van der Waals surface area contributed by atoms with E-state index >= 15 is 4.39 Å². The number of rotatable bonds is 7. The third-order valence-corrected chi connectivity index (χ3v) is 5.93. The predicted octanol–water partition coefficient (Wildman–Crippen LogP) is 3.06. The van der Waals surface area contributed by atoms with E-state index in [0.29, 0.717) is 24.2 Å². The Hall–Kier alpha value is -3.43. The van der Waals surface area contributed by atoms with E-state index in [1.807, 2.05) is 4.90 Å². The molecule has 1 saturated heterocycles. The third kappa shape index (κ3) is 4.62. The molecule has 2 heterocycles. The summed E-state index contributed by atoms with van der Waals surface area (Å²) in [5.41, 5.74) is 6.87. The Balaban J connectivity index is 1.68. The van der Waals surface area contributed by atoms with Gasteiger partial charge in [-0.05, 0) is 54.8 Å². The summed E-state index contributed by atoms with van der Waals surface area (Å²) in [6.07, 6.45) is 1.58. The zero-order chi connectivity index (χ0) is 26.9. The molecule has 7 nitrogen and oxygen atoms in total. The van der Waals surface area contributed by atoms with E-state index in [2.05, 4.69) is 9.97 Å². The second-order valence-electron chi connectivity index (χ2n) is 8.29. The van der Waals surface area contributed by atoms with Crippen molar-refractivity contribution in [2.45, 2.75) is 31.8 Å². The lowest BCUT2D eigenvalue weighted by Crippen LogP contribution is -2.33. The fourth-order valence-corrected chi connectivity index (χ4v) is 4.25. The molecule has 3 N–H and O–H groups in total. The van der Waals surface area contributed by atoms with Gasteiger partial charge in [-0.1, -0.05) is 6.07 Å². The summed E-state index contributed by atoms with van der Waals surface area (Å²) < 4.78 is 56.3. The SMILES string of the molecule is [2H]C([2H])([2H])Oc1ccc(C)c(F)c1-c1nccc(C(=O)Cc2cc(F)ccc2N2C[C@@H](N)C[C@H]2CO)n1. The minimum atomic E-state index is -2.85. The molecule has 2 atom stereocenters. The summed E-state index contributed by atoms with van der Waals surface area (Å²) in [6.45, 7) is 1.79. The maximum Gasteiger partial charge on any atom is 0.185 e. The van der Waals surface area contributed by atoms with Crippen molar-refractivity contribution in [3.8, 4) is 17.1 Å². The highest BCUT2D eigenvalue weighted by molar-refractivity contribution is 5.97. The number of aliphatic hydroxyl groups excluding tert-OH is 1. The normalized spacial score (nSPS) is 19.4. The van der Waals surface area contributed by atoms with Gasteiger partial charge in [0.2, 0.25) is 0 Å². The van der Waals surface area contributed by atoms with E-state index in [1.54, 1.807) is 6.07 Å². The Morgan fingerprint density at radius 2 is 2.15 bits per heavy atom. The minimum absolute atomic E-state index is 0.0715. The van der Waals surface area contributed by atoms with E-state index in [1.165, 1.54) is 43.5 Å². The largest absolute Gasteiger partial charge is 0.496 e. The molecule has 34 heavy (non-hydrogen) atoms. The van der Waals surface area contributed by atoms with Crippen LogP contribution in [0.1, 0.15) is 32.1 Å². The molecule has 1 aromatic heterocycles. The zero-order valence-corrected chi connectivity index (χ0v) is 18.5. The Morgan fingerprint density at radius 1 is 1.32 bits per heavy atom. The molecule has 0 saturated carbocycles. The van der Waals surface area contributed by atoms with Gasteiger partial charge in [0.25, 0.3) is 0 Å². The Kier molecular flexibility index (Phi) is 5.77. The molecule has 0 amide bonds. The molecule has 1 fully saturated rings. The number of Topliss-reactive ketones (excluding diaryl/α,β-unsaturated/α-hetero) is 1. The molecule has 0 unspecified atom stereocenters. The molecular weight excluding hydrogens is 442 g/mol. The molecule has 1 aliphatic heterocycles. The van der Waals surface area contributed by atoms with Gasteiger partial charge < -0.3 is 20.5 Å². The van der Waals surface area contributed by atoms with Crippen LogP contribution in [0.3, 0.4) is 0 Å². The van der Waals surface area contributed by atoms with Crippen molar-refractivity contribution in [1.29, 1.82) is 0 Å². The highest BCUT2D eigenvalue weighted by atomic mass is 19.1. The Labute approximate surface area is 200 Å². The summed E-state index contributed by atoms with van der Waals surface area (Å²) in [6, 6.07) is 7.63. The van der Waals surface area contributed by atoms with Gasteiger partial charge in [-0.3, -0.25) is 4.79 Å². The monoisotopic (exact) mass is 471 g/mol. The van der Waals surface area contributed by atoms with Crippen molar-refractivity contribution in [1.82, 2.24) is 9.97 Å². The van der Waals surface area contributed by atoms with Crippen LogP contribution in [0.5, 0.6) is 5.75 Å². The number of carbonyl (C=O) groups is 1.